The third-order valence-electron chi connectivity index (χ3n) is 4.85. The molecule has 0 aliphatic rings. The number of hydrogen-bond donors (Lipinski definition) is 2. The molecule has 1 atom stereocenters. The van der Waals surface area contributed by atoms with Crippen LogP contribution >= 0.6 is 11.3 Å². The van der Waals surface area contributed by atoms with Gasteiger partial charge in [0.05, 0.1) is 0 Å². The molecule has 0 saturated heterocycles. The number of nitrogens with one attached hydrogen (secondary N) is 2. The smallest absolute Gasteiger partial charge is 0.271 e. The molecule has 3 aromatic carbocycles. The molecule has 146 valence electrons. The number of carbonyl (C=O) groups is 1. The molecular formula is C24H23N3OS. The van der Waals surface area contributed by atoms with Crippen LogP contribution in [0.15, 0.2) is 78.2 Å². The molecule has 1 aromatic heterocycles. The minimum atomic E-state index is -0.132. The molecule has 0 saturated carbocycles. The molecule has 0 bridgehead atoms. The zero-order chi connectivity index (χ0) is 20.1. The first kappa shape index (κ1) is 19.2. The van der Waals surface area contributed by atoms with Gasteiger partial charge in [0.15, 0.2) is 5.13 Å². The first-order valence-electron chi connectivity index (χ1n) is 9.74. The van der Waals surface area contributed by atoms with Gasteiger partial charge in [-0.15, -0.1) is 11.3 Å². The summed E-state index contributed by atoms with van der Waals surface area (Å²) in [5.74, 6) is -0.132. The summed E-state index contributed by atoms with van der Waals surface area (Å²) in [6.45, 7) is 2.03. The molecule has 1 amide bonds. The second-order valence-electron chi connectivity index (χ2n) is 7.09. The van der Waals surface area contributed by atoms with Crippen molar-refractivity contribution in [3.05, 3.63) is 89.4 Å². The summed E-state index contributed by atoms with van der Waals surface area (Å²) in [7, 11) is 0. The first-order valence-corrected chi connectivity index (χ1v) is 10.6. The van der Waals surface area contributed by atoms with Gasteiger partial charge in [0, 0.05) is 22.5 Å². The van der Waals surface area contributed by atoms with Crippen LogP contribution in [0.3, 0.4) is 0 Å². The van der Waals surface area contributed by atoms with E-state index in [2.05, 4.69) is 45.9 Å². The summed E-state index contributed by atoms with van der Waals surface area (Å²) in [4.78, 5) is 17.0. The van der Waals surface area contributed by atoms with Crippen molar-refractivity contribution < 1.29 is 4.79 Å². The summed E-state index contributed by atoms with van der Waals surface area (Å²) >= 11 is 1.44. The van der Waals surface area contributed by atoms with E-state index in [1.807, 2.05) is 49.4 Å². The van der Waals surface area contributed by atoms with Gasteiger partial charge in [-0.3, -0.25) is 4.79 Å². The van der Waals surface area contributed by atoms with Gasteiger partial charge in [-0.25, -0.2) is 4.98 Å². The predicted molar refractivity (Wildman–Crippen MR) is 121 cm³/mol. The summed E-state index contributed by atoms with van der Waals surface area (Å²) in [5, 5.41) is 11.2. The normalized spacial score (nSPS) is 11.9. The van der Waals surface area contributed by atoms with E-state index in [1.165, 1.54) is 22.3 Å². The molecular weight excluding hydrogens is 378 g/mol. The van der Waals surface area contributed by atoms with Crippen LogP contribution in [0.25, 0.3) is 10.8 Å². The first-order chi connectivity index (χ1) is 14.2. The molecule has 4 rings (SSSR count). The lowest BCUT2D eigenvalue weighted by Gasteiger charge is -2.13. The highest BCUT2D eigenvalue weighted by molar-refractivity contribution is 7.14. The summed E-state index contributed by atoms with van der Waals surface area (Å²) in [6.07, 6.45) is 1.83. The second-order valence-corrected chi connectivity index (χ2v) is 7.95. The van der Waals surface area contributed by atoms with E-state index in [-0.39, 0.29) is 11.9 Å². The Morgan fingerprint density at radius 3 is 2.62 bits per heavy atom. The molecule has 0 aliphatic carbocycles. The van der Waals surface area contributed by atoms with Gasteiger partial charge in [0.1, 0.15) is 5.69 Å². The number of aryl methyl sites for hydroxylation is 1. The third kappa shape index (κ3) is 4.81. The molecule has 1 heterocycles. The highest BCUT2D eigenvalue weighted by Gasteiger charge is 2.14. The molecule has 1 unspecified atom stereocenters. The van der Waals surface area contributed by atoms with E-state index in [1.54, 1.807) is 5.38 Å². The van der Waals surface area contributed by atoms with Crippen molar-refractivity contribution >= 4 is 38.8 Å². The van der Waals surface area contributed by atoms with Crippen molar-refractivity contribution in [2.45, 2.75) is 25.8 Å². The van der Waals surface area contributed by atoms with Crippen molar-refractivity contribution in [1.29, 1.82) is 0 Å². The van der Waals surface area contributed by atoms with Crippen LogP contribution in [0.2, 0.25) is 0 Å². The maximum Gasteiger partial charge on any atom is 0.271 e. The maximum atomic E-state index is 12.5. The van der Waals surface area contributed by atoms with Gasteiger partial charge in [-0.2, -0.15) is 0 Å². The Balaban J connectivity index is 1.37. The fraction of sp³-hybridized carbons (Fsp3) is 0.167. The molecule has 0 aliphatic heterocycles. The molecule has 2 N–H and O–H groups in total. The number of nitrogens with zero attached hydrogens (tertiary/aromatic N) is 1. The van der Waals surface area contributed by atoms with Crippen LogP contribution in [0, 0.1) is 0 Å². The van der Waals surface area contributed by atoms with E-state index < -0.39 is 0 Å². The van der Waals surface area contributed by atoms with Crippen LogP contribution < -0.4 is 10.6 Å². The van der Waals surface area contributed by atoms with Gasteiger partial charge < -0.3 is 10.6 Å². The van der Waals surface area contributed by atoms with Crippen molar-refractivity contribution in [3.8, 4) is 0 Å². The van der Waals surface area contributed by atoms with Crippen LogP contribution in [0.1, 0.15) is 29.4 Å². The predicted octanol–water partition coefficient (Wildman–Crippen LogP) is 5.79. The lowest BCUT2D eigenvalue weighted by atomic mass is 10.1. The number of rotatable bonds is 7. The molecule has 4 nitrogen and oxygen atoms in total. The van der Waals surface area contributed by atoms with Gasteiger partial charge >= 0.3 is 0 Å². The maximum absolute atomic E-state index is 12.5. The summed E-state index contributed by atoms with van der Waals surface area (Å²) in [6, 6.07) is 24.7. The van der Waals surface area contributed by atoms with Gasteiger partial charge in [0.2, 0.25) is 0 Å². The molecule has 5 heteroatoms. The van der Waals surface area contributed by atoms with Gasteiger partial charge in [0.25, 0.3) is 5.91 Å². The number of fused-ring (bicyclic) bond motifs is 1. The summed E-state index contributed by atoms with van der Waals surface area (Å²) < 4.78 is 0. The number of benzene rings is 3. The highest BCUT2D eigenvalue weighted by atomic mass is 32.1. The highest BCUT2D eigenvalue weighted by Crippen LogP contribution is 2.27. The van der Waals surface area contributed by atoms with E-state index in [0.717, 1.165) is 23.9 Å². The Kier molecular flexibility index (Phi) is 5.86. The van der Waals surface area contributed by atoms with E-state index >= 15 is 0 Å². The minimum Gasteiger partial charge on any atom is -0.348 e. The topological polar surface area (TPSA) is 54.0 Å². The largest absolute Gasteiger partial charge is 0.348 e. The molecule has 0 fully saturated rings. The fourth-order valence-corrected chi connectivity index (χ4v) is 3.99. The van der Waals surface area contributed by atoms with Crippen molar-refractivity contribution in [2.75, 3.05) is 5.32 Å². The fourth-order valence-electron chi connectivity index (χ4n) is 3.28. The molecule has 29 heavy (non-hydrogen) atoms. The van der Waals surface area contributed by atoms with E-state index in [9.17, 15) is 4.79 Å². The van der Waals surface area contributed by atoms with E-state index in [0.29, 0.717) is 10.8 Å². The Bertz CT molecular complexity index is 1100. The Morgan fingerprint density at radius 2 is 1.76 bits per heavy atom. The number of aromatic nitrogens is 1. The van der Waals surface area contributed by atoms with Gasteiger partial charge in [-0.05, 0) is 36.8 Å². The van der Waals surface area contributed by atoms with Crippen LogP contribution in [0.5, 0.6) is 0 Å². The third-order valence-corrected chi connectivity index (χ3v) is 5.61. The number of thiazole rings is 1. The molecule has 0 radical (unpaired) electrons. The molecule has 4 aromatic rings. The SMILES string of the molecule is CC(CCc1ccccc1)NC(=O)c1csc(Nc2cccc3ccccc23)n1. The summed E-state index contributed by atoms with van der Waals surface area (Å²) in [5.41, 5.74) is 2.72. The van der Waals surface area contributed by atoms with Crippen LogP contribution in [-0.2, 0) is 6.42 Å². The van der Waals surface area contributed by atoms with Crippen LogP contribution in [-0.4, -0.2) is 16.9 Å². The lowest BCUT2D eigenvalue weighted by molar-refractivity contribution is 0.0934. The van der Waals surface area contributed by atoms with Crippen molar-refractivity contribution in [2.24, 2.45) is 0 Å². The number of hydrogen-bond acceptors (Lipinski definition) is 4. The average Bonchev–Trinajstić information content (AvgIpc) is 3.22. The standard InChI is InChI=1S/C24H23N3OS/c1-17(14-15-18-8-3-2-4-9-18)25-23(28)22-16-29-24(27-22)26-21-13-7-11-19-10-5-6-12-20(19)21/h2-13,16-17H,14-15H2,1H3,(H,25,28)(H,26,27). The number of amides is 1. The zero-order valence-corrected chi connectivity index (χ0v) is 17.1. The monoisotopic (exact) mass is 401 g/mol. The Morgan fingerprint density at radius 1 is 1.00 bits per heavy atom. The Hall–Kier alpha value is -3.18. The second kappa shape index (κ2) is 8.88. The minimum absolute atomic E-state index is 0.0823. The quantitative estimate of drug-likeness (QED) is 0.412. The lowest BCUT2D eigenvalue weighted by Crippen LogP contribution is -2.33. The van der Waals surface area contributed by atoms with Crippen molar-refractivity contribution in [3.63, 3.8) is 0 Å². The number of carbonyl (C=O) groups excluding carboxylic acids is 1. The van der Waals surface area contributed by atoms with Gasteiger partial charge in [-0.1, -0.05) is 66.7 Å². The van der Waals surface area contributed by atoms with E-state index in [4.69, 9.17) is 0 Å². The Labute approximate surface area is 174 Å². The average molecular weight is 402 g/mol. The van der Waals surface area contributed by atoms with Crippen molar-refractivity contribution in [1.82, 2.24) is 10.3 Å². The zero-order valence-electron chi connectivity index (χ0n) is 16.3. The van der Waals surface area contributed by atoms with Crippen LogP contribution in [0.4, 0.5) is 10.8 Å². The number of anilines is 2. The molecule has 0 spiro atoms.